The largest absolute Gasteiger partial charge is 0.495 e. The first-order valence-electron chi connectivity index (χ1n) is 11.6. The molecule has 2 N–H and O–H groups in total. The molecular weight excluding hydrogens is 444 g/mol. The normalized spacial score (nSPS) is 14.9. The molecule has 1 fully saturated rings. The molecule has 182 valence electrons. The zero-order valence-corrected chi connectivity index (χ0v) is 20.0. The number of nitriles is 1. The zero-order valence-electron chi connectivity index (χ0n) is 20.0. The highest BCUT2D eigenvalue weighted by molar-refractivity contribution is 5.67. The van der Waals surface area contributed by atoms with Crippen LogP contribution in [-0.4, -0.2) is 67.5 Å². The van der Waals surface area contributed by atoms with Gasteiger partial charge in [-0.1, -0.05) is 24.3 Å². The number of H-pyrrole nitrogens is 1. The van der Waals surface area contributed by atoms with Gasteiger partial charge >= 0.3 is 0 Å². The average molecular weight is 475 g/mol. The van der Waals surface area contributed by atoms with E-state index in [9.17, 15) is 9.90 Å². The summed E-state index contributed by atoms with van der Waals surface area (Å²) in [6, 6.07) is 18.9. The van der Waals surface area contributed by atoms with Gasteiger partial charge in [-0.3, -0.25) is 9.69 Å². The van der Waals surface area contributed by atoms with Crippen molar-refractivity contribution in [2.24, 2.45) is 0 Å². The molecule has 1 unspecified atom stereocenters. The van der Waals surface area contributed by atoms with Gasteiger partial charge in [-0.25, -0.2) is 0 Å². The number of pyridine rings is 1. The Kier molecular flexibility index (Phi) is 7.70. The lowest BCUT2D eigenvalue weighted by Crippen LogP contribution is -2.49. The number of para-hydroxylation sites is 2. The Morgan fingerprint density at radius 3 is 2.51 bits per heavy atom. The van der Waals surface area contributed by atoms with Crippen molar-refractivity contribution >= 4 is 5.69 Å². The summed E-state index contributed by atoms with van der Waals surface area (Å²) in [5, 5.41) is 19.6. The predicted molar refractivity (Wildman–Crippen MR) is 135 cm³/mol. The number of aromatic nitrogens is 1. The highest BCUT2D eigenvalue weighted by atomic mass is 16.5. The maximum absolute atomic E-state index is 11.8. The highest BCUT2D eigenvalue weighted by Crippen LogP contribution is 2.28. The number of aromatic amines is 1. The lowest BCUT2D eigenvalue weighted by atomic mass is 10.0. The Balaban J connectivity index is 1.27. The molecule has 0 bridgehead atoms. The molecular formula is C27H30N4O4. The lowest BCUT2D eigenvalue weighted by Gasteiger charge is -2.37. The standard InChI is InChI=1S/C27H30N4O4/c1-19-24(15-21(16-28)27(33)29-19)20-7-9-23(10-8-20)35-18-22(32)17-30-11-13-31(14-12-30)25-5-3-4-6-26(25)34-2/h3-10,15,22,32H,11-14,17-18H2,1-2H3,(H,29,33). The van der Waals surface area contributed by atoms with Crippen LogP contribution < -0.4 is 19.9 Å². The molecule has 0 saturated carbocycles. The third-order valence-corrected chi connectivity index (χ3v) is 6.23. The van der Waals surface area contributed by atoms with Crippen molar-refractivity contribution in [1.82, 2.24) is 9.88 Å². The van der Waals surface area contributed by atoms with Crippen LogP contribution in [0.5, 0.6) is 11.5 Å². The van der Waals surface area contributed by atoms with Gasteiger partial charge in [0.1, 0.15) is 35.8 Å². The molecule has 35 heavy (non-hydrogen) atoms. The number of methoxy groups -OCH3 is 1. The zero-order chi connectivity index (χ0) is 24.8. The monoisotopic (exact) mass is 474 g/mol. The minimum absolute atomic E-state index is 0.0813. The van der Waals surface area contributed by atoms with Crippen molar-refractivity contribution in [3.8, 4) is 28.7 Å². The highest BCUT2D eigenvalue weighted by Gasteiger charge is 2.21. The van der Waals surface area contributed by atoms with E-state index < -0.39 is 6.10 Å². The number of piperazine rings is 1. The van der Waals surface area contributed by atoms with Gasteiger partial charge in [-0.05, 0) is 42.8 Å². The molecule has 3 aromatic rings. The number of anilines is 1. The third-order valence-electron chi connectivity index (χ3n) is 6.23. The van der Waals surface area contributed by atoms with Crippen LogP contribution in [0.3, 0.4) is 0 Å². The number of aryl methyl sites for hydroxylation is 1. The number of ether oxygens (including phenoxy) is 2. The number of nitrogens with one attached hydrogen (secondary N) is 1. The van der Waals surface area contributed by atoms with E-state index in [1.807, 2.05) is 48.5 Å². The van der Waals surface area contributed by atoms with Crippen molar-refractivity contribution in [3.63, 3.8) is 0 Å². The summed E-state index contributed by atoms with van der Waals surface area (Å²) in [6.45, 7) is 5.99. The summed E-state index contributed by atoms with van der Waals surface area (Å²) in [7, 11) is 1.69. The number of hydrogen-bond donors (Lipinski definition) is 2. The van der Waals surface area contributed by atoms with Crippen molar-refractivity contribution in [2.75, 3.05) is 51.3 Å². The molecule has 1 atom stereocenters. The summed E-state index contributed by atoms with van der Waals surface area (Å²) in [5.41, 5.74) is 3.16. The topological polar surface area (TPSA) is 102 Å². The van der Waals surface area contributed by atoms with Gasteiger partial charge in [-0.2, -0.15) is 5.26 Å². The van der Waals surface area contributed by atoms with E-state index in [0.29, 0.717) is 18.0 Å². The minimum Gasteiger partial charge on any atom is -0.495 e. The van der Waals surface area contributed by atoms with Gasteiger partial charge < -0.3 is 24.5 Å². The van der Waals surface area contributed by atoms with Gasteiger partial charge in [0.05, 0.1) is 12.8 Å². The summed E-state index contributed by atoms with van der Waals surface area (Å²) < 4.78 is 11.3. The fourth-order valence-electron chi connectivity index (χ4n) is 4.34. The number of benzene rings is 2. The van der Waals surface area contributed by atoms with E-state index in [2.05, 4.69) is 20.9 Å². The van der Waals surface area contributed by atoms with Crippen LogP contribution in [0, 0.1) is 18.3 Å². The lowest BCUT2D eigenvalue weighted by molar-refractivity contribution is 0.0663. The summed E-state index contributed by atoms with van der Waals surface area (Å²) in [6.07, 6.45) is -0.605. The summed E-state index contributed by atoms with van der Waals surface area (Å²) in [4.78, 5) is 19.0. The first-order valence-corrected chi connectivity index (χ1v) is 11.6. The molecule has 1 aliphatic rings. The molecule has 0 spiro atoms. The van der Waals surface area contributed by atoms with Crippen LogP contribution in [0.2, 0.25) is 0 Å². The molecule has 1 aliphatic heterocycles. The first-order chi connectivity index (χ1) is 17.0. The maximum Gasteiger partial charge on any atom is 0.266 e. The fraction of sp³-hybridized carbons (Fsp3) is 0.333. The second-order valence-corrected chi connectivity index (χ2v) is 8.61. The first kappa shape index (κ1) is 24.3. The van der Waals surface area contributed by atoms with Crippen molar-refractivity contribution in [3.05, 3.63) is 76.2 Å². The second kappa shape index (κ2) is 11.1. The van der Waals surface area contributed by atoms with Crippen molar-refractivity contribution in [2.45, 2.75) is 13.0 Å². The number of aliphatic hydroxyl groups is 1. The van der Waals surface area contributed by atoms with Gasteiger partial charge in [-0.15, -0.1) is 0 Å². The van der Waals surface area contributed by atoms with E-state index in [0.717, 1.165) is 48.7 Å². The number of rotatable bonds is 8. The molecule has 0 radical (unpaired) electrons. The molecule has 2 aromatic carbocycles. The third kappa shape index (κ3) is 5.83. The molecule has 4 rings (SSSR count). The molecule has 1 saturated heterocycles. The van der Waals surface area contributed by atoms with E-state index >= 15 is 0 Å². The Labute approximate surface area is 205 Å². The maximum atomic E-state index is 11.8. The number of hydrogen-bond acceptors (Lipinski definition) is 7. The average Bonchev–Trinajstić information content (AvgIpc) is 2.88. The summed E-state index contributed by atoms with van der Waals surface area (Å²) in [5.74, 6) is 1.53. The van der Waals surface area contributed by atoms with Crippen molar-refractivity contribution < 1.29 is 14.6 Å². The number of β-amino-alcohol motifs (C(OH)–C–C–N with tert-alkyl or cyclic N) is 1. The van der Waals surface area contributed by atoms with Crippen LogP contribution in [0.15, 0.2) is 59.4 Å². The van der Waals surface area contributed by atoms with Crippen molar-refractivity contribution in [1.29, 1.82) is 5.26 Å². The van der Waals surface area contributed by atoms with E-state index in [4.69, 9.17) is 14.7 Å². The van der Waals surface area contributed by atoms with Gasteiger partial charge in [0.15, 0.2) is 0 Å². The molecule has 1 aromatic heterocycles. The molecule has 8 nitrogen and oxygen atoms in total. The molecule has 0 aliphatic carbocycles. The summed E-state index contributed by atoms with van der Waals surface area (Å²) >= 11 is 0. The Morgan fingerprint density at radius 2 is 1.83 bits per heavy atom. The quantitative estimate of drug-likeness (QED) is 0.518. The molecule has 8 heteroatoms. The van der Waals surface area contributed by atoms with Gasteiger partial charge in [0.2, 0.25) is 0 Å². The van der Waals surface area contributed by atoms with Crippen LogP contribution in [-0.2, 0) is 0 Å². The SMILES string of the molecule is COc1ccccc1N1CCN(CC(O)COc2ccc(-c3cc(C#N)c(=O)[nH]c3C)cc2)CC1. The number of nitrogens with zero attached hydrogens (tertiary/aromatic N) is 3. The predicted octanol–water partition coefficient (Wildman–Crippen LogP) is 2.79. The minimum atomic E-state index is -0.605. The Morgan fingerprint density at radius 1 is 1.11 bits per heavy atom. The second-order valence-electron chi connectivity index (χ2n) is 8.61. The number of aliphatic hydroxyl groups excluding tert-OH is 1. The molecule has 2 heterocycles. The van der Waals surface area contributed by atoms with Gasteiger partial charge in [0, 0.05) is 44.0 Å². The fourth-order valence-corrected chi connectivity index (χ4v) is 4.34. The van der Waals surface area contributed by atoms with Gasteiger partial charge in [0.25, 0.3) is 5.56 Å². The van der Waals surface area contributed by atoms with E-state index in [1.54, 1.807) is 20.1 Å². The van der Waals surface area contributed by atoms with E-state index in [-0.39, 0.29) is 17.7 Å². The van der Waals surface area contributed by atoms with Crippen LogP contribution in [0.4, 0.5) is 5.69 Å². The smallest absolute Gasteiger partial charge is 0.266 e. The Hall–Kier alpha value is -3.80. The van der Waals surface area contributed by atoms with E-state index in [1.165, 1.54) is 0 Å². The Bertz CT molecular complexity index is 1240. The van der Waals surface area contributed by atoms with Crippen LogP contribution in [0.25, 0.3) is 11.1 Å². The van der Waals surface area contributed by atoms with Crippen LogP contribution in [0.1, 0.15) is 11.3 Å². The molecule has 0 amide bonds. The van der Waals surface area contributed by atoms with Crippen LogP contribution >= 0.6 is 0 Å².